The zero-order valence-electron chi connectivity index (χ0n) is 31.8. The Balaban J connectivity index is 1.12. The molecule has 9 rings (SSSR count). The summed E-state index contributed by atoms with van der Waals surface area (Å²) in [6, 6.07) is 37.7. The van der Waals surface area contributed by atoms with Gasteiger partial charge in [0.2, 0.25) is 11.8 Å². The number of benzene rings is 5. The lowest BCUT2D eigenvalue weighted by atomic mass is 9.44. The summed E-state index contributed by atoms with van der Waals surface area (Å²) in [4.78, 5) is 62.7. The second-order valence-corrected chi connectivity index (χ2v) is 16.0. The molecule has 58 heavy (non-hydrogen) atoms. The first kappa shape index (κ1) is 37.1. The van der Waals surface area contributed by atoms with Crippen molar-refractivity contribution in [3.63, 3.8) is 0 Å². The number of rotatable bonds is 7. The van der Waals surface area contributed by atoms with E-state index in [-0.39, 0.29) is 47.0 Å². The minimum absolute atomic E-state index is 0.0419. The van der Waals surface area contributed by atoms with Crippen LogP contribution in [-0.2, 0) is 24.6 Å². The highest BCUT2D eigenvalue weighted by Gasteiger charge is 2.66. The number of amides is 2. The Kier molecular flexibility index (Phi) is 9.28. The molecule has 0 aromatic heterocycles. The molecule has 288 valence electrons. The number of anilines is 2. The van der Waals surface area contributed by atoms with Crippen molar-refractivity contribution in [1.82, 2.24) is 0 Å². The second kappa shape index (κ2) is 14.5. The fraction of sp³-hybridized carbons (Fsp3) is 0.208. The van der Waals surface area contributed by atoms with Crippen molar-refractivity contribution in [3.05, 3.63) is 167 Å². The van der Waals surface area contributed by atoms with Gasteiger partial charge in [-0.2, -0.15) is 10.2 Å². The van der Waals surface area contributed by atoms with Crippen LogP contribution in [0.2, 0.25) is 5.02 Å². The predicted octanol–water partition coefficient (Wildman–Crippen LogP) is 9.56. The van der Waals surface area contributed by atoms with Crippen molar-refractivity contribution in [2.75, 3.05) is 23.9 Å². The normalized spacial score (nSPS) is 25.2. The van der Waals surface area contributed by atoms with E-state index in [9.17, 15) is 14.7 Å². The maximum Gasteiger partial charge on any atom is 0.238 e. The number of phenols is 1. The molecule has 4 aliphatic rings. The number of allylic oxidation sites excluding steroid dienone is 4. The topological polar surface area (TPSA) is 120 Å². The largest absolute Gasteiger partial charge is 0.508 e. The summed E-state index contributed by atoms with van der Waals surface area (Å²) in [6.45, 7) is 0. The third kappa shape index (κ3) is 5.91. The van der Waals surface area contributed by atoms with Gasteiger partial charge in [-0.25, -0.2) is 0 Å². The molecule has 0 spiro atoms. The van der Waals surface area contributed by atoms with Gasteiger partial charge >= 0.3 is 0 Å². The van der Waals surface area contributed by atoms with Gasteiger partial charge < -0.3 is 10.0 Å². The number of nitrogens with zero attached hydrogens (tertiary/aromatic N) is 4. The van der Waals surface area contributed by atoms with Crippen molar-refractivity contribution in [3.8, 4) is 5.75 Å². The van der Waals surface area contributed by atoms with Crippen molar-refractivity contribution < 1.29 is 24.3 Å². The molecule has 1 saturated heterocycles. The lowest BCUT2D eigenvalue weighted by Crippen LogP contribution is -2.58. The third-order valence-corrected chi connectivity index (χ3v) is 12.8. The Morgan fingerprint density at radius 1 is 0.759 bits per heavy atom. The number of Topliss-reactive ketones (excluding diaryl/α,β-unsaturated/α-hetero) is 1. The van der Waals surface area contributed by atoms with Crippen LogP contribution in [0.3, 0.4) is 0 Å². The van der Waals surface area contributed by atoms with Gasteiger partial charge in [0.15, 0.2) is 11.6 Å². The van der Waals surface area contributed by atoms with E-state index < -0.39 is 35.0 Å². The van der Waals surface area contributed by atoms with Crippen LogP contribution in [0.5, 0.6) is 5.75 Å². The van der Waals surface area contributed by atoms with Gasteiger partial charge in [0.25, 0.3) is 0 Å². The number of hydrogen-bond acceptors (Lipinski definition) is 8. The van der Waals surface area contributed by atoms with Crippen molar-refractivity contribution >= 4 is 63.3 Å². The molecule has 5 aromatic rings. The molecule has 1 N–H and O–H groups in total. The molecular formula is C48H39ClN4O5. The summed E-state index contributed by atoms with van der Waals surface area (Å²) in [7, 11) is 3.93. The number of fused-ring (bicyclic) bond motifs is 4. The van der Waals surface area contributed by atoms with Gasteiger partial charge in [-0.3, -0.25) is 24.1 Å². The Hall–Kier alpha value is -6.45. The first-order chi connectivity index (χ1) is 28.1. The van der Waals surface area contributed by atoms with Crippen LogP contribution in [-0.4, -0.2) is 42.6 Å². The number of imide groups is 1. The van der Waals surface area contributed by atoms with E-state index >= 15 is 9.59 Å². The van der Waals surface area contributed by atoms with E-state index in [1.54, 1.807) is 30.3 Å². The SMILES string of the molecule is CN(C)c1ccc(N=Nc2ccc(N3C(=O)C4CC=C5C(CC6C(=O)C(c7ccccc7)=CC(=O)C6(c6ccccc6)C5c5ccc(O)cc5Cl)C4C3=O)cc2)cc1. The van der Waals surface area contributed by atoms with Crippen LogP contribution < -0.4 is 9.80 Å². The molecular weight excluding hydrogens is 748 g/mol. The average Bonchev–Trinajstić information content (AvgIpc) is 3.50. The second-order valence-electron chi connectivity index (χ2n) is 15.6. The minimum Gasteiger partial charge on any atom is -0.508 e. The highest BCUT2D eigenvalue weighted by Crippen LogP contribution is 2.64. The first-order valence-electron chi connectivity index (χ1n) is 19.3. The summed E-state index contributed by atoms with van der Waals surface area (Å²) in [5.41, 5.74) is 4.26. The molecule has 9 nitrogen and oxygen atoms in total. The summed E-state index contributed by atoms with van der Waals surface area (Å²) in [5, 5.41) is 19.4. The van der Waals surface area contributed by atoms with Gasteiger partial charge in [-0.15, -0.1) is 0 Å². The summed E-state index contributed by atoms with van der Waals surface area (Å²) >= 11 is 6.99. The van der Waals surface area contributed by atoms with Gasteiger partial charge in [0, 0.05) is 42.2 Å². The molecule has 0 radical (unpaired) electrons. The molecule has 1 heterocycles. The molecule has 2 fully saturated rings. The third-order valence-electron chi connectivity index (χ3n) is 12.4. The molecule has 6 atom stereocenters. The molecule has 3 aliphatic carbocycles. The van der Waals surface area contributed by atoms with Crippen LogP contribution in [0, 0.1) is 23.7 Å². The van der Waals surface area contributed by atoms with Crippen LogP contribution in [0.4, 0.5) is 22.7 Å². The van der Waals surface area contributed by atoms with E-state index in [2.05, 4.69) is 10.2 Å². The van der Waals surface area contributed by atoms with Crippen LogP contribution in [0.15, 0.2) is 155 Å². The molecule has 6 unspecified atom stereocenters. The zero-order chi connectivity index (χ0) is 40.3. The fourth-order valence-corrected chi connectivity index (χ4v) is 10.1. The summed E-state index contributed by atoms with van der Waals surface area (Å²) in [5.74, 6) is -4.83. The predicted molar refractivity (Wildman–Crippen MR) is 224 cm³/mol. The first-order valence-corrected chi connectivity index (χ1v) is 19.7. The molecule has 1 aliphatic heterocycles. The maximum absolute atomic E-state index is 15.2. The lowest BCUT2D eigenvalue weighted by Gasteiger charge is -2.55. The average molecular weight is 787 g/mol. The molecule has 10 heteroatoms. The van der Waals surface area contributed by atoms with Crippen LogP contribution in [0.25, 0.3) is 5.57 Å². The zero-order valence-corrected chi connectivity index (χ0v) is 32.6. The number of carbonyl (C=O) groups is 4. The van der Waals surface area contributed by atoms with E-state index in [1.807, 2.05) is 110 Å². The van der Waals surface area contributed by atoms with E-state index in [0.717, 1.165) is 11.3 Å². The van der Waals surface area contributed by atoms with Gasteiger partial charge in [0.1, 0.15) is 5.75 Å². The highest BCUT2D eigenvalue weighted by molar-refractivity contribution is 6.33. The molecule has 1 saturated carbocycles. The van der Waals surface area contributed by atoms with Gasteiger partial charge in [-0.05, 0) is 102 Å². The standard InChI is InChI=1S/C48H39ClN4O5/c1-52(2)32-17-13-30(14-18-32)50-51-31-15-19-33(20-16-31)53-46(57)37-24-23-35-39(43(37)47(53)58)26-40-45(56)38(28-9-5-3-6-10-28)27-42(55)48(40,29-11-7-4-8-12-29)44(35)36-22-21-34(54)25-41(36)49/h3-23,25,27,37,39-40,43-44,54H,24,26H2,1-2H3. The fourth-order valence-electron chi connectivity index (χ4n) is 9.82. The van der Waals surface area contributed by atoms with Crippen LogP contribution in [0.1, 0.15) is 35.4 Å². The van der Waals surface area contributed by atoms with Crippen molar-refractivity contribution in [2.24, 2.45) is 33.9 Å². The minimum atomic E-state index is -1.42. The Morgan fingerprint density at radius 3 is 2.03 bits per heavy atom. The number of aromatic hydroxyl groups is 1. The van der Waals surface area contributed by atoms with Crippen molar-refractivity contribution in [2.45, 2.75) is 24.2 Å². The monoisotopic (exact) mass is 786 g/mol. The van der Waals surface area contributed by atoms with Gasteiger partial charge in [0.05, 0.1) is 34.3 Å². The van der Waals surface area contributed by atoms with E-state index in [1.165, 1.54) is 23.1 Å². The Morgan fingerprint density at radius 2 is 1.40 bits per heavy atom. The smallest absolute Gasteiger partial charge is 0.238 e. The number of phenolic OH excluding ortho intramolecular Hbond substituents is 1. The highest BCUT2D eigenvalue weighted by atomic mass is 35.5. The lowest BCUT2D eigenvalue weighted by molar-refractivity contribution is -0.135. The van der Waals surface area contributed by atoms with E-state index in [4.69, 9.17) is 11.6 Å². The molecule has 2 amide bonds. The van der Waals surface area contributed by atoms with Crippen molar-refractivity contribution in [1.29, 1.82) is 0 Å². The molecule has 0 bridgehead atoms. The Bertz CT molecular complexity index is 2570. The number of halogens is 1. The number of hydrogen-bond donors (Lipinski definition) is 1. The summed E-state index contributed by atoms with van der Waals surface area (Å²) in [6.07, 6.45) is 3.92. The maximum atomic E-state index is 15.2. The molecule has 5 aromatic carbocycles. The number of carbonyl (C=O) groups excluding carboxylic acids is 4. The van der Waals surface area contributed by atoms with E-state index in [0.29, 0.717) is 39.3 Å². The number of azo groups is 1. The Labute approximate surface area is 341 Å². The quantitative estimate of drug-likeness (QED) is 0.0997. The van der Waals surface area contributed by atoms with Gasteiger partial charge in [-0.1, -0.05) is 90.0 Å². The summed E-state index contributed by atoms with van der Waals surface area (Å²) < 4.78 is 0. The van der Waals surface area contributed by atoms with Crippen LogP contribution >= 0.6 is 11.6 Å². The number of ketones is 2.